The van der Waals surface area contributed by atoms with Gasteiger partial charge < -0.3 is 9.40 Å². The molecule has 0 fully saturated rings. The van der Waals surface area contributed by atoms with E-state index in [1.54, 1.807) is 0 Å². The van der Waals surface area contributed by atoms with E-state index in [-0.39, 0.29) is 11.5 Å². The summed E-state index contributed by atoms with van der Waals surface area (Å²) in [4.78, 5) is 26.5. The molecule has 1 N–H and O–H groups in total. The lowest BCUT2D eigenvalue weighted by molar-refractivity contribution is 0.237. The van der Waals surface area contributed by atoms with Gasteiger partial charge in [0.05, 0.1) is 17.0 Å². The number of nitrogens with zero attached hydrogens (tertiary/aromatic N) is 3. The van der Waals surface area contributed by atoms with E-state index in [0.29, 0.717) is 19.0 Å². The maximum atomic E-state index is 12.3. The molecule has 2 aromatic heterocycles. The molecule has 0 amide bonds. The first-order valence-corrected chi connectivity index (χ1v) is 7.71. The second-order valence-electron chi connectivity index (χ2n) is 6.23. The van der Waals surface area contributed by atoms with Crippen LogP contribution in [0.4, 0.5) is 0 Å². The lowest BCUT2D eigenvalue weighted by atomic mass is 10.1. The highest BCUT2D eigenvalue weighted by molar-refractivity contribution is 5.22. The van der Waals surface area contributed by atoms with Crippen LogP contribution < -0.4 is 5.56 Å². The Hall–Kier alpha value is -1.95. The summed E-state index contributed by atoms with van der Waals surface area (Å²) in [6.07, 6.45) is 0.800. The minimum absolute atomic E-state index is 0.00791. The first-order chi connectivity index (χ1) is 10.4. The first-order valence-electron chi connectivity index (χ1n) is 7.71. The average Bonchev–Trinajstić information content (AvgIpc) is 2.77. The molecular weight excluding hydrogens is 280 g/mol. The fraction of sp³-hybridized carbons (Fsp3) is 0.562. The molecule has 0 saturated heterocycles. The molecule has 0 aliphatic carbocycles. The molecule has 3 rings (SSSR count). The lowest BCUT2D eigenvalue weighted by Gasteiger charge is -2.27. The number of aromatic nitrogens is 3. The van der Waals surface area contributed by atoms with Gasteiger partial charge in [0.2, 0.25) is 0 Å². The molecule has 0 aromatic carbocycles. The van der Waals surface area contributed by atoms with Crippen LogP contribution in [0.3, 0.4) is 0 Å². The van der Waals surface area contributed by atoms with Crippen LogP contribution in [-0.2, 0) is 19.5 Å². The summed E-state index contributed by atoms with van der Waals surface area (Å²) in [5.41, 5.74) is 2.67. The van der Waals surface area contributed by atoms with Crippen LogP contribution in [-0.4, -0.2) is 26.4 Å². The number of nitrogens with one attached hydrogen (secondary N) is 1. The van der Waals surface area contributed by atoms with Crippen LogP contribution in [0.1, 0.15) is 54.2 Å². The Balaban J connectivity index is 1.82. The van der Waals surface area contributed by atoms with Crippen LogP contribution in [0.2, 0.25) is 0 Å². The Morgan fingerprint density at radius 1 is 1.32 bits per heavy atom. The van der Waals surface area contributed by atoms with E-state index in [9.17, 15) is 4.79 Å². The molecule has 1 aliphatic rings. The number of oxazole rings is 1. The summed E-state index contributed by atoms with van der Waals surface area (Å²) in [6, 6.07) is 0. The highest BCUT2D eigenvalue weighted by Crippen LogP contribution is 2.19. The highest BCUT2D eigenvalue weighted by Gasteiger charge is 2.23. The van der Waals surface area contributed by atoms with Gasteiger partial charge >= 0.3 is 0 Å². The van der Waals surface area contributed by atoms with Crippen molar-refractivity contribution in [2.24, 2.45) is 0 Å². The van der Waals surface area contributed by atoms with Gasteiger partial charge in [0, 0.05) is 38.9 Å². The summed E-state index contributed by atoms with van der Waals surface area (Å²) in [7, 11) is 0. The molecule has 1 aliphatic heterocycles. The average molecular weight is 302 g/mol. The normalized spacial score (nSPS) is 15.3. The molecule has 0 unspecified atom stereocenters. The fourth-order valence-corrected chi connectivity index (χ4v) is 2.84. The number of hydrogen-bond acceptors (Lipinski definition) is 5. The van der Waals surface area contributed by atoms with E-state index >= 15 is 0 Å². The van der Waals surface area contributed by atoms with Gasteiger partial charge in [0.15, 0.2) is 5.89 Å². The summed E-state index contributed by atoms with van der Waals surface area (Å²) in [5.74, 6) is 2.55. The van der Waals surface area contributed by atoms with Crippen LogP contribution in [0.5, 0.6) is 0 Å². The maximum Gasteiger partial charge on any atom is 0.255 e. The van der Waals surface area contributed by atoms with Gasteiger partial charge in [-0.2, -0.15) is 0 Å². The van der Waals surface area contributed by atoms with Gasteiger partial charge in [-0.05, 0) is 6.92 Å². The van der Waals surface area contributed by atoms with Crippen molar-refractivity contribution in [3.05, 3.63) is 44.8 Å². The molecule has 118 valence electrons. The molecule has 22 heavy (non-hydrogen) atoms. The van der Waals surface area contributed by atoms with Crippen molar-refractivity contribution >= 4 is 0 Å². The zero-order valence-corrected chi connectivity index (χ0v) is 13.6. The van der Waals surface area contributed by atoms with E-state index in [1.807, 2.05) is 27.7 Å². The maximum absolute atomic E-state index is 12.3. The first kappa shape index (κ1) is 15.0. The van der Waals surface area contributed by atoms with Crippen molar-refractivity contribution in [2.45, 2.75) is 53.1 Å². The van der Waals surface area contributed by atoms with Crippen molar-refractivity contribution in [2.75, 3.05) is 6.54 Å². The largest absolute Gasteiger partial charge is 0.446 e. The molecule has 0 atom stereocenters. The van der Waals surface area contributed by atoms with Crippen LogP contribution in [0.15, 0.2) is 9.21 Å². The number of aromatic amines is 1. The molecule has 2 aromatic rings. The lowest BCUT2D eigenvalue weighted by Crippen LogP contribution is -2.36. The Morgan fingerprint density at radius 2 is 2.09 bits per heavy atom. The summed E-state index contributed by atoms with van der Waals surface area (Å²) in [5, 5.41) is 0. The second kappa shape index (κ2) is 5.68. The predicted molar refractivity (Wildman–Crippen MR) is 82.7 cm³/mol. The van der Waals surface area contributed by atoms with Crippen LogP contribution >= 0.6 is 0 Å². The smallest absolute Gasteiger partial charge is 0.255 e. The van der Waals surface area contributed by atoms with Crippen molar-refractivity contribution < 1.29 is 4.42 Å². The van der Waals surface area contributed by atoms with Crippen LogP contribution in [0.25, 0.3) is 0 Å². The number of rotatable bonds is 3. The fourth-order valence-electron chi connectivity index (χ4n) is 2.84. The zero-order chi connectivity index (χ0) is 15.9. The standard InChI is InChI=1S/C16H22N4O2/c1-9(2)15-18-13-5-6-20(7-12(13)16(21)19-15)8-14-10(3)22-11(4)17-14/h9H,5-8H2,1-4H3,(H,18,19,21). The molecule has 6 heteroatoms. The van der Waals surface area contributed by atoms with Gasteiger partial charge in [-0.25, -0.2) is 9.97 Å². The number of hydrogen-bond donors (Lipinski definition) is 1. The third-order valence-corrected chi connectivity index (χ3v) is 4.09. The van der Waals surface area contributed by atoms with Crippen LogP contribution in [0, 0.1) is 13.8 Å². The predicted octanol–water partition coefficient (Wildman–Crippen LogP) is 2.06. The van der Waals surface area contributed by atoms with Gasteiger partial charge in [-0.1, -0.05) is 13.8 Å². The van der Waals surface area contributed by atoms with Gasteiger partial charge in [0.25, 0.3) is 5.56 Å². The SMILES string of the molecule is Cc1nc(CN2CCc3nc(C(C)C)[nH]c(=O)c3C2)c(C)o1. The van der Waals surface area contributed by atoms with Gasteiger partial charge in [-0.15, -0.1) is 0 Å². The quantitative estimate of drug-likeness (QED) is 0.939. The molecular formula is C16H22N4O2. The summed E-state index contributed by atoms with van der Waals surface area (Å²) in [6.45, 7) is 10.0. The van der Waals surface area contributed by atoms with Gasteiger partial charge in [-0.3, -0.25) is 9.69 Å². The monoisotopic (exact) mass is 302 g/mol. The molecule has 6 nitrogen and oxygen atoms in total. The molecule has 0 saturated carbocycles. The minimum Gasteiger partial charge on any atom is -0.446 e. The third kappa shape index (κ3) is 2.83. The van der Waals surface area contributed by atoms with E-state index in [1.165, 1.54) is 0 Å². The Bertz CT molecular complexity index is 745. The summed E-state index contributed by atoms with van der Waals surface area (Å²) >= 11 is 0. The zero-order valence-electron chi connectivity index (χ0n) is 13.6. The second-order valence-corrected chi connectivity index (χ2v) is 6.23. The highest BCUT2D eigenvalue weighted by atomic mass is 16.4. The Labute approximate surface area is 129 Å². The topological polar surface area (TPSA) is 75.0 Å². The van der Waals surface area contributed by atoms with Crippen molar-refractivity contribution in [1.29, 1.82) is 0 Å². The number of aryl methyl sites for hydroxylation is 2. The van der Waals surface area contributed by atoms with Crippen molar-refractivity contribution in [3.8, 4) is 0 Å². The Morgan fingerprint density at radius 3 is 2.73 bits per heavy atom. The number of fused-ring (bicyclic) bond motifs is 1. The molecule has 0 radical (unpaired) electrons. The van der Waals surface area contributed by atoms with Crippen molar-refractivity contribution in [3.63, 3.8) is 0 Å². The van der Waals surface area contributed by atoms with E-state index in [0.717, 1.165) is 41.5 Å². The summed E-state index contributed by atoms with van der Waals surface area (Å²) < 4.78 is 5.47. The van der Waals surface area contributed by atoms with E-state index < -0.39 is 0 Å². The molecule has 0 bridgehead atoms. The Kier molecular flexibility index (Phi) is 3.87. The van der Waals surface area contributed by atoms with Crippen molar-refractivity contribution in [1.82, 2.24) is 19.9 Å². The van der Waals surface area contributed by atoms with Gasteiger partial charge in [0.1, 0.15) is 11.6 Å². The van der Waals surface area contributed by atoms with E-state index in [4.69, 9.17) is 4.42 Å². The van der Waals surface area contributed by atoms with E-state index in [2.05, 4.69) is 19.9 Å². The minimum atomic E-state index is -0.00791. The third-order valence-electron chi connectivity index (χ3n) is 4.09. The molecule has 3 heterocycles. The molecule has 0 spiro atoms. The number of H-pyrrole nitrogens is 1.